The van der Waals surface area contributed by atoms with E-state index in [9.17, 15) is 14.4 Å². The van der Waals surface area contributed by atoms with Gasteiger partial charge in [-0.1, -0.05) is 49.2 Å². The average Bonchev–Trinajstić information content (AvgIpc) is 3.01. The molecular weight excluding hydrogens is 438 g/mol. The predicted molar refractivity (Wildman–Crippen MR) is 121 cm³/mol. The number of unbranched alkanes of at least 4 members (excludes halogenated alkanes) is 1. The molecule has 162 valence electrons. The maximum absolute atomic E-state index is 12.6. The molecule has 31 heavy (non-hydrogen) atoms. The third kappa shape index (κ3) is 6.60. The van der Waals surface area contributed by atoms with Crippen molar-refractivity contribution >= 4 is 46.6 Å². The Morgan fingerprint density at radius 3 is 2.68 bits per heavy atom. The van der Waals surface area contributed by atoms with E-state index >= 15 is 0 Å². The smallest absolute Gasteiger partial charge is 0.326 e. The molecular formula is C23H22ClNO5S. The lowest BCUT2D eigenvalue weighted by molar-refractivity contribution is -0.146. The maximum Gasteiger partial charge on any atom is 0.326 e. The van der Waals surface area contributed by atoms with Crippen molar-refractivity contribution in [3.05, 3.63) is 69.6 Å². The van der Waals surface area contributed by atoms with Crippen molar-refractivity contribution in [2.24, 2.45) is 0 Å². The Kier molecular flexibility index (Phi) is 8.14. The van der Waals surface area contributed by atoms with Gasteiger partial charge in [-0.15, -0.1) is 0 Å². The lowest BCUT2D eigenvalue weighted by Gasteiger charge is -2.11. The summed E-state index contributed by atoms with van der Waals surface area (Å²) in [6.07, 6.45) is 3.24. The molecule has 1 fully saturated rings. The minimum atomic E-state index is -0.588. The number of hydrogen-bond acceptors (Lipinski definition) is 6. The van der Waals surface area contributed by atoms with Gasteiger partial charge >= 0.3 is 5.97 Å². The zero-order valence-corrected chi connectivity index (χ0v) is 18.6. The summed E-state index contributed by atoms with van der Waals surface area (Å²) in [6.45, 7) is 2.25. The highest BCUT2D eigenvalue weighted by Crippen LogP contribution is 2.32. The Balaban J connectivity index is 1.62. The number of halogens is 1. The number of thioether (sulfide) groups is 1. The van der Waals surface area contributed by atoms with Crippen molar-refractivity contribution in [1.82, 2.24) is 4.90 Å². The van der Waals surface area contributed by atoms with Crippen molar-refractivity contribution in [3.8, 4) is 5.75 Å². The highest BCUT2D eigenvalue weighted by Gasteiger charge is 2.36. The molecule has 0 N–H and O–H groups in total. The zero-order valence-electron chi connectivity index (χ0n) is 17.0. The van der Waals surface area contributed by atoms with Gasteiger partial charge in [0.15, 0.2) is 0 Å². The number of nitrogens with zero attached hydrogens (tertiary/aromatic N) is 1. The number of carbonyl (C=O) groups is 3. The molecule has 8 heteroatoms. The summed E-state index contributed by atoms with van der Waals surface area (Å²) < 4.78 is 10.8. The van der Waals surface area contributed by atoms with Crippen LogP contribution in [0.4, 0.5) is 4.79 Å². The van der Waals surface area contributed by atoms with Gasteiger partial charge < -0.3 is 9.47 Å². The van der Waals surface area contributed by atoms with Crippen molar-refractivity contribution in [3.63, 3.8) is 0 Å². The number of hydrogen-bond donors (Lipinski definition) is 0. The van der Waals surface area contributed by atoms with E-state index in [-0.39, 0.29) is 18.1 Å². The molecule has 1 heterocycles. The van der Waals surface area contributed by atoms with Gasteiger partial charge in [-0.25, -0.2) is 0 Å². The van der Waals surface area contributed by atoms with Crippen LogP contribution in [0.5, 0.6) is 5.75 Å². The fourth-order valence-corrected chi connectivity index (χ4v) is 3.70. The number of benzene rings is 2. The monoisotopic (exact) mass is 459 g/mol. The second-order valence-electron chi connectivity index (χ2n) is 6.83. The van der Waals surface area contributed by atoms with Crippen LogP contribution in [0.2, 0.25) is 5.02 Å². The number of ether oxygens (including phenoxy) is 2. The molecule has 0 saturated carbocycles. The van der Waals surface area contributed by atoms with E-state index in [1.165, 1.54) is 0 Å². The Morgan fingerprint density at radius 1 is 1.16 bits per heavy atom. The molecule has 0 spiro atoms. The number of amides is 2. The molecule has 1 aliphatic rings. The van der Waals surface area contributed by atoms with E-state index in [0.29, 0.717) is 22.9 Å². The average molecular weight is 460 g/mol. The zero-order chi connectivity index (χ0) is 22.2. The van der Waals surface area contributed by atoms with Crippen LogP contribution in [0, 0.1) is 0 Å². The highest BCUT2D eigenvalue weighted by molar-refractivity contribution is 8.18. The predicted octanol–water partition coefficient (Wildman–Crippen LogP) is 5.30. The molecule has 0 radical (unpaired) electrons. The first-order valence-electron chi connectivity index (χ1n) is 9.84. The summed E-state index contributed by atoms with van der Waals surface area (Å²) >= 11 is 6.69. The van der Waals surface area contributed by atoms with Gasteiger partial charge in [0.05, 0.1) is 11.5 Å². The number of esters is 1. The quantitative estimate of drug-likeness (QED) is 0.288. The molecule has 0 unspecified atom stereocenters. The summed E-state index contributed by atoms with van der Waals surface area (Å²) in [6, 6.07) is 14.6. The minimum Gasteiger partial charge on any atom is -0.489 e. The fourth-order valence-electron chi connectivity index (χ4n) is 2.73. The largest absolute Gasteiger partial charge is 0.489 e. The van der Waals surface area contributed by atoms with E-state index in [0.717, 1.165) is 35.1 Å². The van der Waals surface area contributed by atoms with Gasteiger partial charge in [0.2, 0.25) is 0 Å². The van der Waals surface area contributed by atoms with Crippen molar-refractivity contribution in [1.29, 1.82) is 0 Å². The van der Waals surface area contributed by atoms with Gasteiger partial charge in [0, 0.05) is 5.02 Å². The van der Waals surface area contributed by atoms with Gasteiger partial charge in [-0.05, 0) is 59.7 Å². The molecule has 2 amide bonds. The standard InChI is InChI=1S/C23H22ClNO5S/c1-2-3-11-29-21(26)14-25-22(27)20(31-23(25)28)13-17-5-4-6-19(12-17)30-15-16-7-9-18(24)10-8-16/h4-10,12-13H,2-3,11,14-15H2,1H3/b20-13+. The molecule has 2 aromatic rings. The van der Waals surface area contributed by atoms with E-state index in [2.05, 4.69) is 0 Å². The minimum absolute atomic E-state index is 0.251. The van der Waals surface area contributed by atoms with Gasteiger partial charge in [0.1, 0.15) is 18.9 Å². The van der Waals surface area contributed by atoms with E-state index in [1.807, 2.05) is 31.2 Å². The Bertz CT molecular complexity index is 990. The highest BCUT2D eigenvalue weighted by atomic mass is 35.5. The first kappa shape index (κ1) is 22.9. The van der Waals surface area contributed by atoms with E-state index in [1.54, 1.807) is 30.3 Å². The van der Waals surface area contributed by atoms with E-state index in [4.69, 9.17) is 21.1 Å². The maximum atomic E-state index is 12.6. The molecule has 1 saturated heterocycles. The molecule has 0 atom stereocenters. The molecule has 0 aliphatic carbocycles. The summed E-state index contributed by atoms with van der Waals surface area (Å²) in [7, 11) is 0. The lowest BCUT2D eigenvalue weighted by atomic mass is 10.2. The normalized spacial score (nSPS) is 14.9. The SMILES string of the molecule is CCCCOC(=O)CN1C(=O)S/C(=C/c2cccc(OCc3ccc(Cl)cc3)c2)C1=O. The van der Waals surface area contributed by atoms with Crippen LogP contribution in [-0.4, -0.2) is 35.2 Å². The Hall–Kier alpha value is -2.77. The second kappa shape index (κ2) is 11.0. The summed E-state index contributed by atoms with van der Waals surface area (Å²) in [5, 5.41) is 0.174. The first-order chi connectivity index (χ1) is 15.0. The van der Waals surface area contributed by atoms with Crippen LogP contribution >= 0.6 is 23.4 Å². The Labute approximate surface area is 190 Å². The number of carbonyl (C=O) groups excluding carboxylic acids is 3. The van der Waals surface area contributed by atoms with Crippen LogP contribution in [0.25, 0.3) is 6.08 Å². The van der Waals surface area contributed by atoms with Gasteiger partial charge in [0.25, 0.3) is 11.1 Å². The number of imide groups is 1. The van der Waals surface area contributed by atoms with Crippen LogP contribution in [0.15, 0.2) is 53.4 Å². The summed E-state index contributed by atoms with van der Waals surface area (Å²) in [4.78, 5) is 37.8. The van der Waals surface area contributed by atoms with Crippen LogP contribution in [0.3, 0.4) is 0 Å². The third-order valence-corrected chi connectivity index (χ3v) is 5.56. The van der Waals surface area contributed by atoms with Crippen LogP contribution in [0.1, 0.15) is 30.9 Å². The van der Waals surface area contributed by atoms with Crippen molar-refractivity contribution < 1.29 is 23.9 Å². The van der Waals surface area contributed by atoms with Crippen LogP contribution in [-0.2, 0) is 20.9 Å². The molecule has 0 bridgehead atoms. The lowest BCUT2D eigenvalue weighted by Crippen LogP contribution is -2.34. The molecule has 6 nitrogen and oxygen atoms in total. The third-order valence-electron chi connectivity index (χ3n) is 4.40. The van der Waals surface area contributed by atoms with Crippen molar-refractivity contribution in [2.75, 3.05) is 13.2 Å². The second-order valence-corrected chi connectivity index (χ2v) is 8.26. The molecule has 1 aliphatic heterocycles. The summed E-state index contributed by atoms with van der Waals surface area (Å²) in [5.41, 5.74) is 1.69. The van der Waals surface area contributed by atoms with Crippen molar-refractivity contribution in [2.45, 2.75) is 26.4 Å². The molecule has 3 rings (SSSR count). The van der Waals surface area contributed by atoms with E-state index < -0.39 is 17.1 Å². The fraction of sp³-hybridized carbons (Fsp3) is 0.261. The van der Waals surface area contributed by atoms with Crippen LogP contribution < -0.4 is 4.74 Å². The van der Waals surface area contributed by atoms with Gasteiger partial charge in [-0.3, -0.25) is 19.3 Å². The first-order valence-corrected chi connectivity index (χ1v) is 11.0. The molecule has 2 aromatic carbocycles. The summed E-state index contributed by atoms with van der Waals surface area (Å²) in [5.74, 6) is -0.466. The molecule has 0 aromatic heterocycles. The Morgan fingerprint density at radius 2 is 1.94 bits per heavy atom. The van der Waals surface area contributed by atoms with Gasteiger partial charge in [-0.2, -0.15) is 0 Å². The number of rotatable bonds is 9. The topological polar surface area (TPSA) is 72.9 Å².